The third-order valence-electron chi connectivity index (χ3n) is 5.38. The van der Waals surface area contributed by atoms with Crippen LogP contribution in [0.25, 0.3) is 12.2 Å². The van der Waals surface area contributed by atoms with Crippen LogP contribution in [0.15, 0.2) is 44.3 Å². The van der Waals surface area contributed by atoms with Gasteiger partial charge in [0, 0.05) is 24.7 Å². The number of amides is 1. The Morgan fingerprint density at radius 1 is 1.21 bits per heavy atom. The quantitative estimate of drug-likeness (QED) is 0.579. The van der Waals surface area contributed by atoms with Gasteiger partial charge in [0.1, 0.15) is 17.3 Å². The summed E-state index contributed by atoms with van der Waals surface area (Å²) in [6.07, 6.45) is 3.87. The lowest BCUT2D eigenvalue weighted by Crippen LogP contribution is -2.43. The standard InChI is InChI=1S/C22H23FN4O5S/c1-14-12-20(26-31-14)24-22(28)17-7-5-11-27(13-17)33(29,30)21-15(2)25-32-19(21)10-9-16-6-3-4-8-18(16)23/h3-4,6,8-10,12,17H,5,7,11,13H2,1-2H3,(H,24,26,28)/b10-9+/t17-/m1/s1. The Morgan fingerprint density at radius 2 is 2.00 bits per heavy atom. The number of piperidine rings is 1. The summed E-state index contributed by atoms with van der Waals surface area (Å²) in [5, 5.41) is 10.2. The molecule has 9 nitrogen and oxygen atoms in total. The second kappa shape index (κ2) is 9.28. The van der Waals surface area contributed by atoms with Crippen LogP contribution in [-0.2, 0) is 14.8 Å². The van der Waals surface area contributed by atoms with Gasteiger partial charge in [-0.15, -0.1) is 0 Å². The van der Waals surface area contributed by atoms with Crippen LogP contribution in [0.4, 0.5) is 10.2 Å². The lowest BCUT2D eigenvalue weighted by atomic mass is 9.99. The molecule has 1 aromatic carbocycles. The topological polar surface area (TPSA) is 119 Å². The van der Waals surface area contributed by atoms with E-state index >= 15 is 0 Å². The molecule has 1 saturated heterocycles. The molecule has 0 saturated carbocycles. The van der Waals surface area contributed by atoms with Crippen molar-refractivity contribution in [3.8, 4) is 0 Å². The third kappa shape index (κ3) is 4.88. The Bertz CT molecular complexity index is 1300. The summed E-state index contributed by atoms with van der Waals surface area (Å²) in [5.41, 5.74) is 0.473. The minimum Gasteiger partial charge on any atom is -0.360 e. The van der Waals surface area contributed by atoms with Crippen molar-refractivity contribution in [3.05, 3.63) is 58.9 Å². The number of nitrogens with zero attached hydrogens (tertiary/aromatic N) is 3. The van der Waals surface area contributed by atoms with Gasteiger partial charge in [-0.3, -0.25) is 4.79 Å². The Hall–Kier alpha value is -3.31. The maximum absolute atomic E-state index is 13.9. The van der Waals surface area contributed by atoms with Gasteiger partial charge >= 0.3 is 0 Å². The van der Waals surface area contributed by atoms with Crippen LogP contribution in [0.3, 0.4) is 0 Å². The summed E-state index contributed by atoms with van der Waals surface area (Å²) in [6.45, 7) is 3.50. The first kappa shape index (κ1) is 22.9. The average molecular weight is 475 g/mol. The molecule has 0 bridgehead atoms. The highest BCUT2D eigenvalue weighted by Gasteiger charge is 2.37. The first-order valence-electron chi connectivity index (χ1n) is 10.4. The zero-order valence-corrected chi connectivity index (χ0v) is 18.9. The fourth-order valence-corrected chi connectivity index (χ4v) is 5.51. The van der Waals surface area contributed by atoms with Crippen molar-refractivity contribution in [2.75, 3.05) is 18.4 Å². The smallest absolute Gasteiger partial charge is 0.248 e. The molecule has 1 N–H and O–H groups in total. The minimum atomic E-state index is -4.01. The normalized spacial score (nSPS) is 17.5. The van der Waals surface area contributed by atoms with Gasteiger partial charge in [0.15, 0.2) is 16.5 Å². The monoisotopic (exact) mass is 474 g/mol. The summed E-state index contributed by atoms with van der Waals surface area (Å²) in [4.78, 5) is 12.6. The number of hydrogen-bond donors (Lipinski definition) is 1. The van der Waals surface area contributed by atoms with Crippen molar-refractivity contribution in [1.29, 1.82) is 0 Å². The molecule has 0 unspecified atom stereocenters. The molecule has 33 heavy (non-hydrogen) atoms. The van der Waals surface area contributed by atoms with E-state index in [0.29, 0.717) is 18.6 Å². The minimum absolute atomic E-state index is 0.000371. The highest BCUT2D eigenvalue weighted by molar-refractivity contribution is 7.89. The molecule has 1 fully saturated rings. The van der Waals surface area contributed by atoms with Crippen LogP contribution in [0.5, 0.6) is 0 Å². The van der Waals surface area contributed by atoms with Crippen LogP contribution >= 0.6 is 0 Å². The molecule has 3 aromatic rings. The van der Waals surface area contributed by atoms with E-state index in [1.165, 1.54) is 29.4 Å². The molecule has 0 spiro atoms. The zero-order valence-electron chi connectivity index (χ0n) is 18.1. The van der Waals surface area contributed by atoms with Crippen LogP contribution in [-0.4, -0.2) is 42.0 Å². The Kier molecular flexibility index (Phi) is 6.43. The highest BCUT2D eigenvalue weighted by atomic mass is 32.2. The molecule has 11 heteroatoms. The number of benzene rings is 1. The molecule has 0 radical (unpaired) electrons. The maximum atomic E-state index is 13.9. The van der Waals surface area contributed by atoms with Gasteiger partial charge in [0.25, 0.3) is 0 Å². The number of anilines is 1. The summed E-state index contributed by atoms with van der Waals surface area (Å²) in [7, 11) is -4.01. The van der Waals surface area contributed by atoms with Gasteiger partial charge in [0.2, 0.25) is 15.9 Å². The van der Waals surface area contributed by atoms with E-state index < -0.39 is 21.8 Å². The van der Waals surface area contributed by atoms with E-state index in [2.05, 4.69) is 15.6 Å². The molecule has 2 aromatic heterocycles. The Morgan fingerprint density at radius 3 is 2.73 bits per heavy atom. The third-order valence-corrected chi connectivity index (χ3v) is 7.41. The number of carbonyl (C=O) groups excluding carboxylic acids is 1. The van der Waals surface area contributed by atoms with Gasteiger partial charge in [-0.25, -0.2) is 12.8 Å². The van der Waals surface area contributed by atoms with Crippen molar-refractivity contribution < 1.29 is 26.6 Å². The number of carbonyl (C=O) groups is 1. The second-order valence-electron chi connectivity index (χ2n) is 7.83. The van der Waals surface area contributed by atoms with E-state index in [1.807, 2.05) is 0 Å². The van der Waals surface area contributed by atoms with E-state index in [1.54, 1.807) is 31.2 Å². The first-order valence-corrected chi connectivity index (χ1v) is 11.8. The largest absolute Gasteiger partial charge is 0.360 e. The molecule has 1 amide bonds. The molecule has 3 heterocycles. The van der Waals surface area contributed by atoms with Gasteiger partial charge in [-0.05, 0) is 44.9 Å². The van der Waals surface area contributed by atoms with Crippen molar-refractivity contribution in [3.63, 3.8) is 0 Å². The van der Waals surface area contributed by atoms with E-state index in [4.69, 9.17) is 9.05 Å². The average Bonchev–Trinajstić information content (AvgIpc) is 3.38. The predicted molar refractivity (Wildman–Crippen MR) is 118 cm³/mol. The SMILES string of the molecule is Cc1cc(NC(=O)[C@@H]2CCCN(S(=O)(=O)c3c(C)noc3/C=C/c3ccccc3F)C2)no1. The number of hydrogen-bond acceptors (Lipinski definition) is 7. The lowest BCUT2D eigenvalue weighted by molar-refractivity contribution is -0.120. The van der Waals surface area contributed by atoms with Crippen molar-refractivity contribution >= 4 is 33.9 Å². The van der Waals surface area contributed by atoms with Crippen LogP contribution in [0.2, 0.25) is 0 Å². The molecule has 174 valence electrons. The van der Waals surface area contributed by atoms with Gasteiger partial charge in [0.05, 0.1) is 5.92 Å². The Labute approximate surface area is 190 Å². The molecular formula is C22H23FN4O5S. The molecule has 1 atom stereocenters. The van der Waals surface area contributed by atoms with E-state index in [-0.39, 0.29) is 46.7 Å². The molecule has 1 aliphatic rings. The highest BCUT2D eigenvalue weighted by Crippen LogP contribution is 2.30. The second-order valence-corrected chi connectivity index (χ2v) is 9.71. The predicted octanol–water partition coefficient (Wildman–Crippen LogP) is 3.63. The first-order chi connectivity index (χ1) is 15.8. The van der Waals surface area contributed by atoms with Gasteiger partial charge in [-0.2, -0.15) is 4.31 Å². The van der Waals surface area contributed by atoms with Crippen molar-refractivity contribution in [1.82, 2.24) is 14.6 Å². The molecule has 0 aliphatic carbocycles. The van der Waals surface area contributed by atoms with Gasteiger partial charge < -0.3 is 14.4 Å². The molecule has 4 rings (SSSR count). The molecule has 1 aliphatic heterocycles. The number of aromatic nitrogens is 2. The number of nitrogens with one attached hydrogen (secondary N) is 1. The molecular weight excluding hydrogens is 451 g/mol. The fourth-order valence-electron chi connectivity index (χ4n) is 3.73. The number of sulfonamides is 1. The summed E-state index contributed by atoms with van der Waals surface area (Å²) in [6, 6.07) is 7.69. The summed E-state index contributed by atoms with van der Waals surface area (Å²) < 4.78 is 52.3. The number of rotatable bonds is 6. The summed E-state index contributed by atoms with van der Waals surface area (Å²) in [5.74, 6) is -0.486. The van der Waals surface area contributed by atoms with Crippen LogP contribution in [0.1, 0.15) is 35.6 Å². The number of aryl methyl sites for hydroxylation is 2. The fraction of sp³-hybridized carbons (Fsp3) is 0.318. The number of halogens is 1. The van der Waals surface area contributed by atoms with Crippen LogP contribution in [0, 0.1) is 25.6 Å². The maximum Gasteiger partial charge on any atom is 0.248 e. The van der Waals surface area contributed by atoms with Gasteiger partial charge in [-0.1, -0.05) is 28.5 Å². The zero-order chi connectivity index (χ0) is 23.6. The van der Waals surface area contributed by atoms with Crippen molar-refractivity contribution in [2.45, 2.75) is 31.6 Å². The van der Waals surface area contributed by atoms with E-state index in [0.717, 1.165) is 0 Å². The van der Waals surface area contributed by atoms with Crippen molar-refractivity contribution in [2.24, 2.45) is 5.92 Å². The summed E-state index contributed by atoms with van der Waals surface area (Å²) >= 11 is 0. The van der Waals surface area contributed by atoms with Crippen LogP contribution < -0.4 is 5.32 Å². The lowest BCUT2D eigenvalue weighted by Gasteiger charge is -2.30. The Balaban J connectivity index is 1.55. The van der Waals surface area contributed by atoms with E-state index in [9.17, 15) is 17.6 Å².